The van der Waals surface area contributed by atoms with E-state index in [1.165, 1.54) is 0 Å². The van der Waals surface area contributed by atoms with Crippen LogP contribution in [-0.2, 0) is 16.0 Å². The van der Waals surface area contributed by atoms with Crippen molar-refractivity contribution in [3.8, 4) is 0 Å². The van der Waals surface area contributed by atoms with Gasteiger partial charge in [-0.05, 0) is 44.0 Å². The fourth-order valence-electron chi connectivity index (χ4n) is 4.72. The van der Waals surface area contributed by atoms with Crippen molar-refractivity contribution >= 4 is 17.5 Å². The van der Waals surface area contributed by atoms with Gasteiger partial charge < -0.3 is 14.5 Å². The first-order valence-electron chi connectivity index (χ1n) is 11.2. The van der Waals surface area contributed by atoms with Gasteiger partial charge in [-0.25, -0.2) is 0 Å². The molecule has 7 nitrogen and oxygen atoms in total. The van der Waals surface area contributed by atoms with Crippen LogP contribution in [0, 0.1) is 0 Å². The molecule has 1 unspecified atom stereocenters. The second kappa shape index (κ2) is 9.04. The number of hydrogen-bond acceptors (Lipinski definition) is 5. The van der Waals surface area contributed by atoms with E-state index in [-0.39, 0.29) is 17.9 Å². The Labute approximate surface area is 179 Å². The van der Waals surface area contributed by atoms with Crippen molar-refractivity contribution in [3.05, 3.63) is 29.3 Å². The predicted octanol–water partition coefficient (Wildman–Crippen LogP) is 1.46. The lowest BCUT2D eigenvalue weighted by atomic mass is 9.98. The Morgan fingerprint density at radius 2 is 1.90 bits per heavy atom. The third kappa shape index (κ3) is 4.53. The van der Waals surface area contributed by atoms with E-state index >= 15 is 0 Å². The van der Waals surface area contributed by atoms with Crippen LogP contribution in [0.5, 0.6) is 0 Å². The van der Waals surface area contributed by atoms with Crippen molar-refractivity contribution < 1.29 is 14.3 Å². The van der Waals surface area contributed by atoms with Gasteiger partial charge in [-0.2, -0.15) is 0 Å². The molecule has 7 heteroatoms. The normalized spacial score (nSPS) is 23.7. The number of ether oxygens (including phenoxy) is 1. The van der Waals surface area contributed by atoms with Crippen molar-refractivity contribution in [2.75, 3.05) is 64.4 Å². The van der Waals surface area contributed by atoms with Gasteiger partial charge in [-0.15, -0.1) is 0 Å². The number of morpholine rings is 1. The third-order valence-electron chi connectivity index (χ3n) is 6.69. The van der Waals surface area contributed by atoms with Crippen LogP contribution in [-0.4, -0.2) is 98.1 Å². The van der Waals surface area contributed by atoms with E-state index in [0.717, 1.165) is 69.2 Å². The van der Waals surface area contributed by atoms with Gasteiger partial charge in [-0.3, -0.25) is 19.4 Å². The van der Waals surface area contributed by atoms with Gasteiger partial charge in [0.05, 0.1) is 12.7 Å². The smallest absolute Gasteiger partial charge is 0.253 e. The molecule has 3 aliphatic rings. The first-order valence-corrected chi connectivity index (χ1v) is 11.2. The number of hydrogen-bond donors (Lipinski definition) is 0. The summed E-state index contributed by atoms with van der Waals surface area (Å²) in [4.78, 5) is 33.5. The molecule has 0 radical (unpaired) electrons. The van der Waals surface area contributed by atoms with Crippen LogP contribution in [0.25, 0.3) is 0 Å². The lowest BCUT2D eigenvalue weighted by molar-refractivity contribution is -0.118. The number of nitrogens with zero attached hydrogens (tertiary/aromatic N) is 4. The molecule has 0 N–H and O–H groups in total. The molecule has 0 aliphatic carbocycles. The molecule has 30 heavy (non-hydrogen) atoms. The summed E-state index contributed by atoms with van der Waals surface area (Å²) >= 11 is 0. The SMILES string of the molecule is CC(C)N1CCOC(CN2CCN(C(=O)c3ccc4c(c3)CCC(=O)N4C)CC2)C1. The molecule has 2 amide bonds. The highest BCUT2D eigenvalue weighted by molar-refractivity contribution is 5.99. The molecule has 0 saturated carbocycles. The van der Waals surface area contributed by atoms with Crippen molar-refractivity contribution in [2.45, 2.75) is 38.8 Å². The molecule has 0 spiro atoms. The maximum absolute atomic E-state index is 13.0. The number of fused-ring (bicyclic) bond motifs is 1. The Balaban J connectivity index is 1.31. The number of aryl methyl sites for hydroxylation is 1. The second-order valence-electron chi connectivity index (χ2n) is 8.97. The van der Waals surface area contributed by atoms with Gasteiger partial charge in [0.15, 0.2) is 0 Å². The third-order valence-corrected chi connectivity index (χ3v) is 6.69. The topological polar surface area (TPSA) is 56.3 Å². The highest BCUT2D eigenvalue weighted by atomic mass is 16.5. The van der Waals surface area contributed by atoms with E-state index in [1.54, 1.807) is 11.9 Å². The van der Waals surface area contributed by atoms with Crippen molar-refractivity contribution in [1.29, 1.82) is 0 Å². The zero-order valence-electron chi connectivity index (χ0n) is 18.5. The number of carbonyl (C=O) groups excluding carboxylic acids is 2. The van der Waals surface area contributed by atoms with Gasteiger partial charge in [-0.1, -0.05) is 0 Å². The van der Waals surface area contributed by atoms with Crippen molar-refractivity contribution in [3.63, 3.8) is 0 Å². The summed E-state index contributed by atoms with van der Waals surface area (Å²) in [7, 11) is 1.80. The minimum atomic E-state index is 0.0944. The second-order valence-corrected chi connectivity index (χ2v) is 8.97. The predicted molar refractivity (Wildman–Crippen MR) is 117 cm³/mol. The molecular formula is C23H34N4O3. The Kier molecular flexibility index (Phi) is 6.41. The number of anilines is 1. The summed E-state index contributed by atoms with van der Waals surface area (Å²) in [5, 5.41) is 0. The molecule has 1 aromatic rings. The number of piperazine rings is 1. The highest BCUT2D eigenvalue weighted by Gasteiger charge is 2.28. The van der Waals surface area contributed by atoms with E-state index < -0.39 is 0 Å². The van der Waals surface area contributed by atoms with Crippen molar-refractivity contribution in [1.82, 2.24) is 14.7 Å². The summed E-state index contributed by atoms with van der Waals surface area (Å²) in [5.41, 5.74) is 2.74. The molecule has 4 rings (SSSR count). The molecule has 0 bridgehead atoms. The van der Waals surface area contributed by atoms with E-state index in [9.17, 15) is 9.59 Å². The van der Waals surface area contributed by atoms with E-state index in [0.29, 0.717) is 18.9 Å². The van der Waals surface area contributed by atoms with Crippen LogP contribution in [0.1, 0.15) is 36.2 Å². The molecule has 3 aliphatic heterocycles. The standard InChI is InChI=1S/C23H34N4O3/c1-17(2)27-12-13-30-20(16-27)15-25-8-10-26(11-9-25)23(29)19-4-6-21-18(14-19)5-7-22(28)24(21)3/h4,6,14,17,20H,5,7-13,15-16H2,1-3H3. The fraction of sp³-hybridized carbons (Fsp3) is 0.652. The van der Waals surface area contributed by atoms with E-state index in [1.807, 2.05) is 23.1 Å². The molecule has 3 heterocycles. The van der Waals surface area contributed by atoms with Crippen LogP contribution in [0.4, 0.5) is 5.69 Å². The zero-order valence-corrected chi connectivity index (χ0v) is 18.5. The van der Waals surface area contributed by atoms with E-state index in [2.05, 4.69) is 23.6 Å². The Morgan fingerprint density at radius 1 is 1.13 bits per heavy atom. The zero-order chi connectivity index (χ0) is 21.3. The minimum Gasteiger partial charge on any atom is -0.374 e. The Bertz CT molecular complexity index is 789. The average molecular weight is 415 g/mol. The van der Waals surface area contributed by atoms with Crippen molar-refractivity contribution in [2.24, 2.45) is 0 Å². The lowest BCUT2D eigenvalue weighted by Gasteiger charge is -2.40. The molecule has 2 saturated heterocycles. The number of amides is 2. The Morgan fingerprint density at radius 3 is 2.63 bits per heavy atom. The quantitative estimate of drug-likeness (QED) is 0.747. The van der Waals surface area contributed by atoms with Crippen LogP contribution < -0.4 is 4.90 Å². The van der Waals surface area contributed by atoms with Crippen LogP contribution in [0.2, 0.25) is 0 Å². The monoisotopic (exact) mass is 414 g/mol. The fourth-order valence-corrected chi connectivity index (χ4v) is 4.72. The molecule has 1 aromatic carbocycles. The molecular weight excluding hydrogens is 380 g/mol. The van der Waals surface area contributed by atoms with Crippen LogP contribution in [0.3, 0.4) is 0 Å². The van der Waals surface area contributed by atoms with Gasteiger partial charge in [0.1, 0.15) is 0 Å². The number of benzene rings is 1. The van der Waals surface area contributed by atoms with E-state index in [4.69, 9.17) is 4.74 Å². The summed E-state index contributed by atoms with van der Waals surface area (Å²) in [5.74, 6) is 0.230. The minimum absolute atomic E-state index is 0.0944. The summed E-state index contributed by atoms with van der Waals surface area (Å²) in [6.45, 7) is 11.5. The van der Waals surface area contributed by atoms with Gasteiger partial charge in [0.2, 0.25) is 5.91 Å². The molecule has 164 valence electrons. The van der Waals surface area contributed by atoms with Gasteiger partial charge >= 0.3 is 0 Å². The highest BCUT2D eigenvalue weighted by Crippen LogP contribution is 2.28. The van der Waals surface area contributed by atoms with Gasteiger partial charge in [0.25, 0.3) is 5.91 Å². The number of rotatable bonds is 4. The maximum Gasteiger partial charge on any atom is 0.253 e. The lowest BCUT2D eigenvalue weighted by Crippen LogP contribution is -2.54. The Hall–Kier alpha value is -1.96. The summed E-state index contributed by atoms with van der Waals surface area (Å²) in [6.07, 6.45) is 1.48. The average Bonchev–Trinajstić information content (AvgIpc) is 2.76. The summed E-state index contributed by atoms with van der Waals surface area (Å²) < 4.78 is 5.98. The molecule has 2 fully saturated rings. The maximum atomic E-state index is 13.0. The molecule has 0 aromatic heterocycles. The largest absolute Gasteiger partial charge is 0.374 e. The first-order chi connectivity index (χ1) is 14.4. The number of carbonyl (C=O) groups is 2. The van der Waals surface area contributed by atoms with Gasteiger partial charge in [0, 0.05) is 76.6 Å². The summed E-state index contributed by atoms with van der Waals surface area (Å²) in [6, 6.07) is 6.31. The van der Waals surface area contributed by atoms with Crippen LogP contribution >= 0.6 is 0 Å². The molecule has 1 atom stereocenters. The van der Waals surface area contributed by atoms with Crippen LogP contribution in [0.15, 0.2) is 18.2 Å². The first kappa shape index (κ1) is 21.3.